The van der Waals surface area contributed by atoms with Gasteiger partial charge in [0, 0.05) is 12.0 Å². The maximum Gasteiger partial charge on any atom is 0.469 e. The van der Waals surface area contributed by atoms with Crippen molar-refractivity contribution in [2.24, 2.45) is 5.73 Å². The molecule has 0 amide bonds. The number of para-hydroxylation sites is 1. The van der Waals surface area contributed by atoms with Crippen molar-refractivity contribution >= 4 is 19.2 Å². The molecular formula is C21H23F3N3O6PS. The topological polar surface area (TPSA) is 137 Å². The fraction of sp³-hybridized carbons (Fsp3) is 0.333. The van der Waals surface area contributed by atoms with E-state index in [0.717, 1.165) is 17.4 Å². The van der Waals surface area contributed by atoms with Crippen molar-refractivity contribution in [2.75, 3.05) is 19.8 Å². The van der Waals surface area contributed by atoms with E-state index in [1.54, 1.807) is 12.1 Å². The van der Waals surface area contributed by atoms with E-state index >= 15 is 0 Å². The van der Waals surface area contributed by atoms with E-state index in [1.165, 1.54) is 19.1 Å². The Morgan fingerprint density at radius 2 is 1.74 bits per heavy atom. The Labute approximate surface area is 202 Å². The van der Waals surface area contributed by atoms with Crippen molar-refractivity contribution in [1.29, 1.82) is 0 Å². The SMILES string of the molecule is CC(N)(COP(=O)(O)O)c1nnc(-c2ccc(OCCCOc3ccccc3)c(C(F)(F)F)c2)s1. The highest BCUT2D eigenvalue weighted by molar-refractivity contribution is 7.46. The van der Waals surface area contributed by atoms with Gasteiger partial charge in [-0.25, -0.2) is 4.57 Å². The number of benzene rings is 2. The Morgan fingerprint density at radius 1 is 1.06 bits per heavy atom. The number of hydrogen-bond acceptors (Lipinski definition) is 8. The Balaban J connectivity index is 1.69. The van der Waals surface area contributed by atoms with Crippen LogP contribution in [0.2, 0.25) is 0 Å². The molecule has 1 aromatic heterocycles. The molecule has 14 heteroatoms. The molecule has 4 N–H and O–H groups in total. The average molecular weight is 533 g/mol. The third kappa shape index (κ3) is 7.99. The highest BCUT2D eigenvalue weighted by Gasteiger charge is 2.35. The van der Waals surface area contributed by atoms with Crippen LogP contribution in [0.1, 0.15) is 23.9 Å². The van der Waals surface area contributed by atoms with E-state index in [1.807, 2.05) is 18.2 Å². The molecule has 0 fully saturated rings. The van der Waals surface area contributed by atoms with Gasteiger partial charge in [-0.05, 0) is 37.3 Å². The Bertz CT molecular complexity index is 1170. The maximum absolute atomic E-state index is 13.7. The Morgan fingerprint density at radius 3 is 2.40 bits per heavy atom. The molecule has 1 unspecified atom stereocenters. The van der Waals surface area contributed by atoms with Crippen LogP contribution in [0.3, 0.4) is 0 Å². The van der Waals surface area contributed by atoms with Gasteiger partial charge in [0.25, 0.3) is 0 Å². The first kappa shape index (κ1) is 27.1. The molecule has 0 saturated carbocycles. The van der Waals surface area contributed by atoms with Gasteiger partial charge < -0.3 is 25.0 Å². The summed E-state index contributed by atoms with van der Waals surface area (Å²) in [7, 11) is -4.76. The molecule has 2 aromatic carbocycles. The third-order valence-electron chi connectivity index (χ3n) is 4.54. The van der Waals surface area contributed by atoms with Gasteiger partial charge in [0.2, 0.25) is 0 Å². The average Bonchev–Trinajstić information content (AvgIpc) is 3.29. The quantitative estimate of drug-likeness (QED) is 0.243. The second kappa shape index (κ2) is 11.0. The summed E-state index contributed by atoms with van der Waals surface area (Å²) in [6, 6.07) is 12.5. The summed E-state index contributed by atoms with van der Waals surface area (Å²) in [5.41, 5.74) is 3.74. The van der Waals surface area contributed by atoms with Gasteiger partial charge in [-0.2, -0.15) is 13.2 Å². The van der Waals surface area contributed by atoms with Crippen molar-refractivity contribution in [2.45, 2.75) is 25.1 Å². The molecule has 0 aliphatic carbocycles. The molecule has 3 rings (SSSR count). The standard InChI is InChI=1S/C21H23F3N3O6PS/c1-20(25,13-33-34(28,29)30)19-27-26-18(35-19)14-8-9-17(16(12-14)21(22,23)24)32-11-5-10-31-15-6-3-2-4-7-15/h2-4,6-9,12H,5,10-11,13,25H2,1H3,(H2,28,29,30). The minimum atomic E-state index is -4.76. The molecular weight excluding hydrogens is 510 g/mol. The van der Waals surface area contributed by atoms with Crippen molar-refractivity contribution in [3.63, 3.8) is 0 Å². The third-order valence-corrected chi connectivity index (χ3v) is 6.25. The lowest BCUT2D eigenvalue weighted by molar-refractivity contribution is -0.138. The van der Waals surface area contributed by atoms with Gasteiger partial charge in [0.1, 0.15) is 21.5 Å². The van der Waals surface area contributed by atoms with Crippen LogP contribution in [0.5, 0.6) is 11.5 Å². The van der Waals surface area contributed by atoms with Crippen LogP contribution in [-0.2, 0) is 20.8 Å². The van der Waals surface area contributed by atoms with Gasteiger partial charge in [0.05, 0.1) is 30.9 Å². The van der Waals surface area contributed by atoms with E-state index in [2.05, 4.69) is 14.7 Å². The molecule has 1 heterocycles. The number of ether oxygens (including phenoxy) is 2. The number of rotatable bonds is 11. The van der Waals surface area contributed by atoms with E-state index in [-0.39, 0.29) is 34.5 Å². The largest absolute Gasteiger partial charge is 0.493 e. The lowest BCUT2D eigenvalue weighted by Crippen LogP contribution is -2.37. The summed E-state index contributed by atoms with van der Waals surface area (Å²) in [6.45, 7) is 1.14. The first-order valence-corrected chi connectivity index (χ1v) is 12.5. The fourth-order valence-corrected chi connectivity index (χ4v) is 4.13. The minimum absolute atomic E-state index is 0.0172. The first-order chi connectivity index (χ1) is 16.4. The molecule has 9 nitrogen and oxygen atoms in total. The van der Waals surface area contributed by atoms with Crippen LogP contribution in [0, 0.1) is 0 Å². The summed E-state index contributed by atoms with van der Waals surface area (Å²) in [6.07, 6.45) is -4.31. The van der Waals surface area contributed by atoms with Crippen LogP contribution in [-0.4, -0.2) is 39.8 Å². The summed E-state index contributed by atoms with van der Waals surface area (Å²) in [4.78, 5) is 17.7. The number of phosphoric acid groups is 1. The van der Waals surface area contributed by atoms with Crippen molar-refractivity contribution in [3.05, 3.63) is 59.1 Å². The van der Waals surface area contributed by atoms with Gasteiger partial charge in [-0.1, -0.05) is 29.5 Å². The summed E-state index contributed by atoms with van der Waals surface area (Å²) in [5, 5.41) is 8.01. The number of phosphoric ester groups is 1. The van der Waals surface area contributed by atoms with E-state index in [4.69, 9.17) is 25.0 Å². The Hall–Kier alpha value is -2.54. The van der Waals surface area contributed by atoms with Crippen LogP contribution in [0.15, 0.2) is 48.5 Å². The normalized spacial score (nSPS) is 13.9. The zero-order chi connectivity index (χ0) is 25.7. The molecule has 0 spiro atoms. The van der Waals surface area contributed by atoms with E-state index < -0.39 is 31.7 Å². The summed E-state index contributed by atoms with van der Waals surface area (Å²) in [5.74, 6) is 0.329. The maximum atomic E-state index is 13.7. The number of aromatic nitrogens is 2. The smallest absolute Gasteiger partial charge is 0.469 e. The summed E-state index contributed by atoms with van der Waals surface area (Å²) >= 11 is 0.886. The second-order valence-corrected chi connectivity index (χ2v) is 9.88. The lowest BCUT2D eigenvalue weighted by atomic mass is 10.1. The highest BCUT2D eigenvalue weighted by atomic mass is 32.1. The van der Waals surface area contributed by atoms with Crippen molar-refractivity contribution in [3.8, 4) is 22.1 Å². The van der Waals surface area contributed by atoms with Crippen molar-refractivity contribution in [1.82, 2.24) is 10.2 Å². The summed E-state index contributed by atoms with van der Waals surface area (Å²) < 4.78 is 67.3. The molecule has 190 valence electrons. The number of alkyl halides is 3. The van der Waals surface area contributed by atoms with Crippen LogP contribution < -0.4 is 15.2 Å². The molecule has 35 heavy (non-hydrogen) atoms. The lowest BCUT2D eigenvalue weighted by Gasteiger charge is -2.21. The van der Waals surface area contributed by atoms with Gasteiger partial charge >= 0.3 is 14.0 Å². The number of hydrogen-bond donors (Lipinski definition) is 3. The van der Waals surface area contributed by atoms with Gasteiger partial charge in [0.15, 0.2) is 0 Å². The van der Waals surface area contributed by atoms with Crippen molar-refractivity contribution < 1.29 is 41.5 Å². The highest BCUT2D eigenvalue weighted by Crippen LogP contribution is 2.41. The first-order valence-electron chi connectivity index (χ1n) is 10.2. The van der Waals surface area contributed by atoms with E-state index in [9.17, 15) is 17.7 Å². The Kier molecular flexibility index (Phi) is 8.52. The van der Waals surface area contributed by atoms with Crippen LogP contribution >= 0.6 is 19.2 Å². The molecule has 0 aliphatic heterocycles. The monoisotopic (exact) mass is 533 g/mol. The molecule has 1 atom stereocenters. The fourth-order valence-electron chi connectivity index (χ4n) is 2.81. The molecule has 3 aromatic rings. The number of halogens is 3. The zero-order valence-electron chi connectivity index (χ0n) is 18.4. The molecule has 0 bridgehead atoms. The molecule has 0 aliphatic rings. The number of nitrogens with two attached hydrogens (primary N) is 1. The predicted molar refractivity (Wildman–Crippen MR) is 122 cm³/mol. The van der Waals surface area contributed by atoms with E-state index in [0.29, 0.717) is 12.2 Å². The second-order valence-electron chi connectivity index (χ2n) is 7.67. The van der Waals surface area contributed by atoms with Crippen LogP contribution in [0.4, 0.5) is 13.2 Å². The minimum Gasteiger partial charge on any atom is -0.493 e. The van der Waals surface area contributed by atoms with Crippen LogP contribution in [0.25, 0.3) is 10.6 Å². The molecule has 0 radical (unpaired) electrons. The molecule has 0 saturated heterocycles. The predicted octanol–water partition coefficient (Wildman–Crippen LogP) is 4.36. The number of nitrogens with zero attached hydrogens (tertiary/aromatic N) is 2. The van der Waals surface area contributed by atoms with Gasteiger partial charge in [-0.15, -0.1) is 10.2 Å². The zero-order valence-corrected chi connectivity index (χ0v) is 20.1. The van der Waals surface area contributed by atoms with Gasteiger partial charge in [-0.3, -0.25) is 4.52 Å².